The first-order chi connectivity index (χ1) is 9.42. The highest BCUT2D eigenvalue weighted by atomic mass is 35.5. The van der Waals surface area contributed by atoms with E-state index in [4.69, 9.17) is 21.1 Å². The molecule has 0 aliphatic rings. The number of carbonyl (C=O) groups excluding carboxylic acids is 2. The fourth-order valence-electron chi connectivity index (χ4n) is 1.19. The lowest BCUT2D eigenvalue weighted by Crippen LogP contribution is -2.25. The number of nitrogens with zero attached hydrogens (tertiary/aromatic N) is 1. The van der Waals surface area contributed by atoms with Crippen LogP contribution in [0.2, 0.25) is 0 Å². The van der Waals surface area contributed by atoms with E-state index in [1.54, 1.807) is 39.2 Å². The fourth-order valence-corrected chi connectivity index (χ4v) is 1.25. The highest BCUT2D eigenvalue weighted by molar-refractivity contribution is 6.18. The standard InChI is InChI=1S/C13H17ClN2O4/c1-9(8-14)19-12(17)15-10-5-4-6-11(7-10)20-13(18)16(2)3/h4-7,9H,8H2,1-3H3,(H,15,17). The lowest BCUT2D eigenvalue weighted by atomic mass is 10.3. The van der Waals surface area contributed by atoms with Crippen LogP contribution in [0.5, 0.6) is 5.75 Å². The third kappa shape index (κ3) is 5.36. The van der Waals surface area contributed by atoms with Gasteiger partial charge in [-0.15, -0.1) is 11.6 Å². The Morgan fingerprint density at radius 3 is 2.70 bits per heavy atom. The van der Waals surface area contributed by atoms with Crippen LogP contribution in [0, 0.1) is 0 Å². The topological polar surface area (TPSA) is 67.9 Å². The lowest BCUT2D eigenvalue weighted by Gasteiger charge is -2.13. The Kier molecular flexibility index (Phi) is 6.11. The van der Waals surface area contributed by atoms with E-state index in [0.29, 0.717) is 11.4 Å². The maximum Gasteiger partial charge on any atom is 0.414 e. The third-order valence-electron chi connectivity index (χ3n) is 2.18. The van der Waals surface area contributed by atoms with Gasteiger partial charge in [-0.25, -0.2) is 9.59 Å². The minimum absolute atomic E-state index is 0.216. The van der Waals surface area contributed by atoms with E-state index in [0.717, 1.165) is 0 Å². The lowest BCUT2D eigenvalue weighted by molar-refractivity contribution is 0.131. The minimum Gasteiger partial charge on any atom is -0.445 e. The Morgan fingerprint density at radius 1 is 1.40 bits per heavy atom. The molecule has 1 aromatic carbocycles. The van der Waals surface area contributed by atoms with E-state index in [9.17, 15) is 9.59 Å². The van der Waals surface area contributed by atoms with Crippen LogP contribution in [-0.4, -0.2) is 43.2 Å². The zero-order valence-electron chi connectivity index (χ0n) is 11.6. The number of benzene rings is 1. The maximum atomic E-state index is 11.5. The van der Waals surface area contributed by atoms with Gasteiger partial charge in [0.05, 0.1) is 5.88 Å². The molecule has 1 unspecified atom stereocenters. The van der Waals surface area contributed by atoms with Crippen molar-refractivity contribution in [2.24, 2.45) is 0 Å². The van der Waals surface area contributed by atoms with Gasteiger partial charge >= 0.3 is 12.2 Å². The molecule has 0 aromatic heterocycles. The van der Waals surface area contributed by atoms with E-state index >= 15 is 0 Å². The first-order valence-corrected chi connectivity index (χ1v) is 6.48. The van der Waals surface area contributed by atoms with Crippen molar-refractivity contribution in [2.75, 3.05) is 25.3 Å². The fraction of sp³-hybridized carbons (Fsp3) is 0.385. The zero-order chi connectivity index (χ0) is 15.1. The van der Waals surface area contributed by atoms with Crippen LogP contribution in [0.15, 0.2) is 24.3 Å². The predicted molar refractivity (Wildman–Crippen MR) is 76.4 cm³/mol. The van der Waals surface area contributed by atoms with Gasteiger partial charge in [-0.1, -0.05) is 6.07 Å². The van der Waals surface area contributed by atoms with Crippen LogP contribution in [0.3, 0.4) is 0 Å². The Balaban J connectivity index is 2.64. The normalized spacial score (nSPS) is 11.4. The predicted octanol–water partition coefficient (Wildman–Crippen LogP) is 2.92. The summed E-state index contributed by atoms with van der Waals surface area (Å²) in [5.74, 6) is 0.542. The number of anilines is 1. The van der Waals surface area contributed by atoms with E-state index < -0.39 is 12.2 Å². The number of hydrogen-bond donors (Lipinski definition) is 1. The first kappa shape index (κ1) is 16.1. The van der Waals surface area contributed by atoms with Crippen molar-refractivity contribution in [3.8, 4) is 5.75 Å². The molecular weight excluding hydrogens is 284 g/mol. The number of halogens is 1. The number of nitrogens with one attached hydrogen (secondary N) is 1. The van der Waals surface area contributed by atoms with Crippen molar-refractivity contribution in [3.63, 3.8) is 0 Å². The van der Waals surface area contributed by atoms with E-state index in [1.165, 1.54) is 11.0 Å². The summed E-state index contributed by atoms with van der Waals surface area (Å²) >= 11 is 5.54. The smallest absolute Gasteiger partial charge is 0.414 e. The molecule has 1 N–H and O–H groups in total. The Hall–Kier alpha value is -1.95. The minimum atomic E-state index is -0.616. The van der Waals surface area contributed by atoms with Crippen LogP contribution in [0.25, 0.3) is 0 Å². The summed E-state index contributed by atoms with van der Waals surface area (Å²) in [5.41, 5.74) is 0.459. The molecule has 0 heterocycles. The van der Waals surface area contributed by atoms with Crippen LogP contribution in [0.1, 0.15) is 6.92 Å². The van der Waals surface area contributed by atoms with Crippen LogP contribution in [0.4, 0.5) is 15.3 Å². The second-order valence-electron chi connectivity index (χ2n) is 4.29. The van der Waals surface area contributed by atoms with Crippen molar-refractivity contribution in [1.82, 2.24) is 4.90 Å². The second-order valence-corrected chi connectivity index (χ2v) is 4.59. The molecular formula is C13H17ClN2O4. The molecule has 2 amide bonds. The van der Waals surface area contributed by atoms with E-state index in [1.807, 2.05) is 0 Å². The highest BCUT2D eigenvalue weighted by Gasteiger charge is 2.10. The molecule has 1 atom stereocenters. The third-order valence-corrected chi connectivity index (χ3v) is 2.61. The Labute approximate surface area is 122 Å². The number of amides is 2. The molecule has 0 aliphatic carbocycles. The molecule has 0 saturated heterocycles. The van der Waals surface area contributed by atoms with E-state index in [2.05, 4.69) is 5.32 Å². The summed E-state index contributed by atoms with van der Waals surface area (Å²) in [7, 11) is 3.16. The molecule has 6 nitrogen and oxygen atoms in total. The molecule has 0 bridgehead atoms. The highest BCUT2D eigenvalue weighted by Crippen LogP contribution is 2.18. The molecule has 7 heteroatoms. The van der Waals surface area contributed by atoms with Crippen molar-refractivity contribution in [1.29, 1.82) is 0 Å². The number of carbonyl (C=O) groups is 2. The molecule has 20 heavy (non-hydrogen) atoms. The van der Waals surface area contributed by atoms with E-state index in [-0.39, 0.29) is 12.0 Å². The number of alkyl halides is 1. The monoisotopic (exact) mass is 300 g/mol. The van der Waals surface area contributed by atoms with Gasteiger partial charge in [-0.3, -0.25) is 5.32 Å². The summed E-state index contributed by atoms with van der Waals surface area (Å²) in [6.07, 6.45) is -1.50. The summed E-state index contributed by atoms with van der Waals surface area (Å²) in [6, 6.07) is 6.44. The molecule has 1 aromatic rings. The first-order valence-electron chi connectivity index (χ1n) is 5.95. The molecule has 0 aliphatic heterocycles. The molecule has 0 saturated carbocycles. The van der Waals surface area contributed by atoms with Gasteiger partial charge in [0.1, 0.15) is 11.9 Å². The SMILES string of the molecule is CC(CCl)OC(=O)Nc1cccc(OC(=O)N(C)C)c1. The second kappa shape index (κ2) is 7.59. The summed E-state index contributed by atoms with van der Waals surface area (Å²) in [5, 5.41) is 2.53. The quantitative estimate of drug-likeness (QED) is 0.868. The maximum absolute atomic E-state index is 11.5. The Morgan fingerprint density at radius 2 is 2.10 bits per heavy atom. The van der Waals surface area contributed by atoms with Gasteiger partial charge in [-0.2, -0.15) is 0 Å². The van der Waals surface area contributed by atoms with Crippen molar-refractivity contribution in [2.45, 2.75) is 13.0 Å². The van der Waals surface area contributed by atoms with Crippen molar-refractivity contribution >= 4 is 29.5 Å². The van der Waals surface area contributed by atoms with Crippen molar-refractivity contribution < 1.29 is 19.1 Å². The average Bonchev–Trinajstić information content (AvgIpc) is 2.38. The number of hydrogen-bond acceptors (Lipinski definition) is 4. The molecule has 110 valence electrons. The Bertz CT molecular complexity index is 479. The van der Waals surface area contributed by atoms with Crippen LogP contribution >= 0.6 is 11.6 Å². The number of rotatable bonds is 4. The molecule has 0 fully saturated rings. The van der Waals surface area contributed by atoms with Gasteiger partial charge in [0.15, 0.2) is 0 Å². The average molecular weight is 301 g/mol. The molecule has 0 radical (unpaired) electrons. The van der Waals surface area contributed by atoms with Crippen LogP contribution < -0.4 is 10.1 Å². The van der Waals surface area contributed by atoms with Gasteiger partial charge in [0.2, 0.25) is 0 Å². The number of ether oxygens (including phenoxy) is 2. The molecule has 1 rings (SSSR count). The van der Waals surface area contributed by atoms with Crippen molar-refractivity contribution in [3.05, 3.63) is 24.3 Å². The van der Waals surface area contributed by atoms with Gasteiger partial charge < -0.3 is 14.4 Å². The van der Waals surface area contributed by atoms with Gasteiger partial charge in [-0.05, 0) is 19.1 Å². The summed E-state index contributed by atoms with van der Waals surface area (Å²) in [4.78, 5) is 24.2. The largest absolute Gasteiger partial charge is 0.445 e. The molecule has 0 spiro atoms. The van der Waals surface area contributed by atoms with Crippen LogP contribution in [-0.2, 0) is 4.74 Å². The van der Waals surface area contributed by atoms with Gasteiger partial charge in [0.25, 0.3) is 0 Å². The summed E-state index contributed by atoms with van der Waals surface area (Å²) < 4.78 is 10.0. The zero-order valence-corrected chi connectivity index (χ0v) is 12.3. The van der Waals surface area contributed by atoms with Gasteiger partial charge in [0, 0.05) is 25.8 Å². The summed E-state index contributed by atoms with van der Waals surface area (Å²) in [6.45, 7) is 1.68.